The van der Waals surface area contributed by atoms with E-state index in [2.05, 4.69) is 20.8 Å². The molecule has 0 radical (unpaired) electrons. The van der Waals surface area contributed by atoms with Crippen molar-refractivity contribution in [2.24, 2.45) is 5.10 Å². The maximum absolute atomic E-state index is 12.1. The van der Waals surface area contributed by atoms with E-state index in [4.69, 9.17) is 9.47 Å². The molecule has 1 heterocycles. The lowest BCUT2D eigenvalue weighted by atomic mass is 10.2. The van der Waals surface area contributed by atoms with E-state index in [-0.39, 0.29) is 18.4 Å². The number of hydrogen-bond donors (Lipinski definition) is 2. The number of benzene rings is 2. The molecular weight excluding hydrogens is 396 g/mol. The standard InChI is InChI=1S/C23H22N4O4/c1-16-5-8-19(9-6-16)26-22(28)15-31-20-10-7-17(12-21(20)30-2)13-25-27-23(29)18-4-3-11-24-14-18/h3-14H,15H2,1-2H3,(H,26,28)(H,27,29)/b25-13+. The van der Waals surface area contributed by atoms with E-state index in [1.54, 1.807) is 36.5 Å². The molecule has 3 aromatic rings. The van der Waals surface area contributed by atoms with Crippen molar-refractivity contribution in [3.63, 3.8) is 0 Å². The second-order valence-electron chi connectivity index (χ2n) is 6.55. The maximum atomic E-state index is 12.1. The Labute approximate surface area is 179 Å². The molecule has 0 unspecified atom stereocenters. The lowest BCUT2D eigenvalue weighted by Crippen LogP contribution is -2.20. The lowest BCUT2D eigenvalue weighted by Gasteiger charge is -2.11. The van der Waals surface area contributed by atoms with Crippen molar-refractivity contribution >= 4 is 23.7 Å². The Morgan fingerprint density at radius 2 is 1.90 bits per heavy atom. The van der Waals surface area contributed by atoms with Crippen LogP contribution in [0.1, 0.15) is 21.5 Å². The highest BCUT2D eigenvalue weighted by Gasteiger charge is 2.09. The number of hydrazone groups is 1. The summed E-state index contributed by atoms with van der Waals surface area (Å²) in [7, 11) is 1.50. The van der Waals surface area contributed by atoms with Crippen LogP contribution in [0.5, 0.6) is 11.5 Å². The summed E-state index contributed by atoms with van der Waals surface area (Å²) in [5.41, 5.74) is 5.33. The van der Waals surface area contributed by atoms with E-state index in [9.17, 15) is 9.59 Å². The molecule has 0 aliphatic heterocycles. The van der Waals surface area contributed by atoms with Crippen LogP contribution in [0.25, 0.3) is 0 Å². The molecular formula is C23H22N4O4. The molecule has 3 rings (SSSR count). The number of rotatable bonds is 8. The minimum absolute atomic E-state index is 0.168. The summed E-state index contributed by atoms with van der Waals surface area (Å²) in [6.45, 7) is 1.81. The highest BCUT2D eigenvalue weighted by molar-refractivity contribution is 5.94. The van der Waals surface area contributed by atoms with E-state index in [1.807, 2.05) is 31.2 Å². The maximum Gasteiger partial charge on any atom is 0.272 e. The van der Waals surface area contributed by atoms with Crippen molar-refractivity contribution in [3.05, 3.63) is 83.7 Å². The fourth-order valence-electron chi connectivity index (χ4n) is 2.59. The Hall–Kier alpha value is -4.20. The molecule has 8 heteroatoms. The van der Waals surface area contributed by atoms with Gasteiger partial charge < -0.3 is 14.8 Å². The number of ether oxygens (including phenoxy) is 2. The Morgan fingerprint density at radius 1 is 1.10 bits per heavy atom. The number of pyridine rings is 1. The molecule has 2 N–H and O–H groups in total. The van der Waals surface area contributed by atoms with Crippen LogP contribution in [0.3, 0.4) is 0 Å². The molecule has 0 fully saturated rings. The Morgan fingerprint density at radius 3 is 2.61 bits per heavy atom. The third-order valence-electron chi connectivity index (χ3n) is 4.19. The lowest BCUT2D eigenvalue weighted by molar-refractivity contribution is -0.118. The molecule has 0 bridgehead atoms. The molecule has 0 saturated heterocycles. The van der Waals surface area contributed by atoms with Gasteiger partial charge in [-0.2, -0.15) is 5.10 Å². The fourth-order valence-corrected chi connectivity index (χ4v) is 2.59. The number of carbonyl (C=O) groups is 2. The molecule has 2 amide bonds. The van der Waals surface area contributed by atoms with Crippen molar-refractivity contribution in [1.29, 1.82) is 0 Å². The van der Waals surface area contributed by atoms with Gasteiger partial charge in [0, 0.05) is 18.1 Å². The van der Waals surface area contributed by atoms with Crippen molar-refractivity contribution < 1.29 is 19.1 Å². The quantitative estimate of drug-likeness (QED) is 0.432. The van der Waals surface area contributed by atoms with Gasteiger partial charge in [-0.25, -0.2) is 5.43 Å². The second kappa shape index (κ2) is 10.5. The first-order chi connectivity index (χ1) is 15.0. The van der Waals surface area contributed by atoms with Gasteiger partial charge in [0.1, 0.15) is 0 Å². The largest absolute Gasteiger partial charge is 0.493 e. The number of hydrogen-bond acceptors (Lipinski definition) is 6. The summed E-state index contributed by atoms with van der Waals surface area (Å²) in [6, 6.07) is 15.9. The molecule has 1 aromatic heterocycles. The number of aryl methyl sites for hydroxylation is 1. The van der Waals surface area contributed by atoms with Crippen LogP contribution >= 0.6 is 0 Å². The molecule has 158 valence electrons. The monoisotopic (exact) mass is 418 g/mol. The van der Waals surface area contributed by atoms with Crippen molar-refractivity contribution in [1.82, 2.24) is 10.4 Å². The normalized spacial score (nSPS) is 10.5. The number of amides is 2. The molecule has 2 aromatic carbocycles. The van der Waals surface area contributed by atoms with Gasteiger partial charge >= 0.3 is 0 Å². The predicted molar refractivity (Wildman–Crippen MR) is 118 cm³/mol. The average Bonchev–Trinajstić information content (AvgIpc) is 2.80. The van der Waals surface area contributed by atoms with Crippen LogP contribution in [-0.4, -0.2) is 36.7 Å². The van der Waals surface area contributed by atoms with Crippen LogP contribution in [0.4, 0.5) is 5.69 Å². The molecule has 0 aliphatic rings. The third-order valence-corrected chi connectivity index (χ3v) is 4.19. The zero-order valence-electron chi connectivity index (χ0n) is 17.2. The smallest absolute Gasteiger partial charge is 0.272 e. The van der Waals surface area contributed by atoms with Gasteiger partial charge in [-0.3, -0.25) is 14.6 Å². The van der Waals surface area contributed by atoms with Crippen molar-refractivity contribution in [2.75, 3.05) is 19.0 Å². The number of nitrogens with one attached hydrogen (secondary N) is 2. The molecule has 0 atom stereocenters. The van der Waals surface area contributed by atoms with E-state index in [0.717, 1.165) is 5.56 Å². The number of aromatic nitrogens is 1. The SMILES string of the molecule is COc1cc(/C=N/NC(=O)c2cccnc2)ccc1OCC(=O)Nc1ccc(C)cc1. The van der Waals surface area contributed by atoms with Gasteiger partial charge in [0.2, 0.25) is 0 Å². The molecule has 0 saturated carbocycles. The first kappa shape index (κ1) is 21.5. The zero-order chi connectivity index (χ0) is 22.1. The second-order valence-corrected chi connectivity index (χ2v) is 6.55. The highest BCUT2D eigenvalue weighted by atomic mass is 16.5. The van der Waals surface area contributed by atoms with Gasteiger partial charge in [0.25, 0.3) is 11.8 Å². The minimum atomic E-state index is -0.365. The van der Waals surface area contributed by atoms with Crippen LogP contribution in [0.15, 0.2) is 72.1 Å². The van der Waals surface area contributed by atoms with Gasteiger partial charge in [0.15, 0.2) is 18.1 Å². The van der Waals surface area contributed by atoms with Crippen LogP contribution in [0.2, 0.25) is 0 Å². The Bertz CT molecular complexity index is 1070. The van der Waals surface area contributed by atoms with Gasteiger partial charge in [-0.05, 0) is 55.0 Å². The van der Waals surface area contributed by atoms with E-state index < -0.39 is 0 Å². The topological polar surface area (TPSA) is 102 Å². The molecule has 0 spiro atoms. The van der Waals surface area contributed by atoms with E-state index in [1.165, 1.54) is 19.5 Å². The Balaban J connectivity index is 1.56. The average molecular weight is 418 g/mol. The fraction of sp³-hybridized carbons (Fsp3) is 0.130. The predicted octanol–water partition coefficient (Wildman–Crippen LogP) is 3.18. The molecule has 8 nitrogen and oxygen atoms in total. The number of nitrogens with zero attached hydrogens (tertiary/aromatic N) is 2. The number of anilines is 1. The first-order valence-corrected chi connectivity index (χ1v) is 9.46. The summed E-state index contributed by atoms with van der Waals surface area (Å²) in [4.78, 5) is 28.0. The summed E-state index contributed by atoms with van der Waals surface area (Å²) < 4.78 is 10.9. The summed E-state index contributed by atoms with van der Waals surface area (Å²) in [5.74, 6) is 0.203. The van der Waals surface area contributed by atoms with E-state index in [0.29, 0.717) is 28.3 Å². The highest BCUT2D eigenvalue weighted by Crippen LogP contribution is 2.27. The Kier molecular flexibility index (Phi) is 7.31. The van der Waals surface area contributed by atoms with Crippen molar-refractivity contribution in [2.45, 2.75) is 6.92 Å². The first-order valence-electron chi connectivity index (χ1n) is 9.46. The number of methoxy groups -OCH3 is 1. The van der Waals surface area contributed by atoms with E-state index >= 15 is 0 Å². The summed E-state index contributed by atoms with van der Waals surface area (Å²) >= 11 is 0. The minimum Gasteiger partial charge on any atom is -0.493 e. The number of carbonyl (C=O) groups excluding carboxylic acids is 2. The summed E-state index contributed by atoms with van der Waals surface area (Å²) in [6.07, 6.45) is 4.52. The van der Waals surface area contributed by atoms with Gasteiger partial charge in [0.05, 0.1) is 18.9 Å². The van der Waals surface area contributed by atoms with Crippen molar-refractivity contribution in [3.8, 4) is 11.5 Å². The summed E-state index contributed by atoms with van der Waals surface area (Å²) in [5, 5.41) is 6.71. The van der Waals surface area contributed by atoms with Gasteiger partial charge in [-0.1, -0.05) is 17.7 Å². The van der Waals surface area contributed by atoms with Crippen LogP contribution in [0, 0.1) is 6.92 Å². The van der Waals surface area contributed by atoms with Gasteiger partial charge in [-0.15, -0.1) is 0 Å². The zero-order valence-corrected chi connectivity index (χ0v) is 17.2. The van der Waals surface area contributed by atoms with Crippen LogP contribution < -0.4 is 20.2 Å². The molecule has 31 heavy (non-hydrogen) atoms. The third kappa shape index (κ3) is 6.40. The van der Waals surface area contributed by atoms with Crippen LogP contribution in [-0.2, 0) is 4.79 Å². The molecule has 0 aliphatic carbocycles.